The summed E-state index contributed by atoms with van der Waals surface area (Å²) in [5.41, 5.74) is 0. The molecular formula is C10H18IN. The molecule has 2 fully saturated rings. The maximum atomic E-state index is 2.71. The Labute approximate surface area is 89.0 Å². The minimum Gasteiger partial charge on any atom is -0.300 e. The lowest BCUT2D eigenvalue weighted by atomic mass is 10.0. The number of likely N-dealkylation sites (tertiary alicyclic amines) is 1. The molecule has 0 radical (unpaired) electrons. The Hall–Kier alpha value is 0.690. The number of alkyl halides is 1. The van der Waals surface area contributed by atoms with E-state index in [1.165, 1.54) is 45.2 Å². The largest absolute Gasteiger partial charge is 0.300 e. The van der Waals surface area contributed by atoms with Gasteiger partial charge in [0.25, 0.3) is 0 Å². The smallest absolute Gasteiger partial charge is 0.0206 e. The first-order valence-corrected chi connectivity index (χ1v) is 6.18. The van der Waals surface area contributed by atoms with Crippen LogP contribution in [0, 0.1) is 0 Å². The third kappa shape index (κ3) is 2.34. The van der Waals surface area contributed by atoms with Gasteiger partial charge in [0.05, 0.1) is 0 Å². The molecule has 1 aliphatic heterocycles. The fourth-order valence-corrected chi connectivity index (χ4v) is 2.69. The van der Waals surface area contributed by atoms with Gasteiger partial charge in [-0.3, -0.25) is 0 Å². The number of rotatable bonds is 1. The minimum absolute atomic E-state index is 0.585. The third-order valence-corrected chi connectivity index (χ3v) is 4.21. The molecule has 1 aliphatic carbocycles. The van der Waals surface area contributed by atoms with Crippen LogP contribution in [0.5, 0.6) is 0 Å². The molecule has 2 aliphatic rings. The van der Waals surface area contributed by atoms with Gasteiger partial charge in [0.15, 0.2) is 0 Å². The summed E-state index contributed by atoms with van der Waals surface area (Å²) in [5.74, 6) is 0. The van der Waals surface area contributed by atoms with E-state index in [0.717, 1.165) is 6.04 Å². The Morgan fingerprint density at radius 2 is 2.00 bits per heavy atom. The molecule has 12 heavy (non-hydrogen) atoms. The van der Waals surface area contributed by atoms with E-state index in [4.69, 9.17) is 0 Å². The average molecular weight is 279 g/mol. The zero-order valence-corrected chi connectivity index (χ0v) is 10.0. The highest BCUT2D eigenvalue weighted by Crippen LogP contribution is 2.35. The molecule has 0 N–H and O–H groups in total. The molecule has 1 atom stereocenters. The van der Waals surface area contributed by atoms with Crippen LogP contribution in [0.2, 0.25) is 0 Å². The SMILES string of the molecule is CC1(I)CCCN(C2CC2)CC1. The van der Waals surface area contributed by atoms with Gasteiger partial charge in [-0.25, -0.2) is 0 Å². The Bertz CT molecular complexity index is 163. The van der Waals surface area contributed by atoms with Crippen molar-refractivity contribution < 1.29 is 0 Å². The van der Waals surface area contributed by atoms with E-state index in [-0.39, 0.29) is 0 Å². The number of halogens is 1. The van der Waals surface area contributed by atoms with Gasteiger partial charge in [0.1, 0.15) is 0 Å². The second-order valence-corrected chi connectivity index (χ2v) is 7.14. The van der Waals surface area contributed by atoms with Crippen molar-refractivity contribution in [2.75, 3.05) is 13.1 Å². The first-order valence-electron chi connectivity index (χ1n) is 5.10. The van der Waals surface area contributed by atoms with Crippen LogP contribution in [-0.2, 0) is 0 Å². The van der Waals surface area contributed by atoms with Crippen LogP contribution in [0.3, 0.4) is 0 Å². The summed E-state index contributed by atoms with van der Waals surface area (Å²) in [7, 11) is 0. The molecule has 2 heteroatoms. The van der Waals surface area contributed by atoms with Crippen molar-refractivity contribution >= 4 is 22.6 Å². The van der Waals surface area contributed by atoms with E-state index in [1.54, 1.807) is 0 Å². The van der Waals surface area contributed by atoms with Gasteiger partial charge >= 0.3 is 0 Å². The summed E-state index contributed by atoms with van der Waals surface area (Å²) < 4.78 is 0.585. The first-order chi connectivity index (χ1) is 5.67. The molecule has 0 aromatic carbocycles. The molecule has 0 aromatic rings. The van der Waals surface area contributed by atoms with Crippen LogP contribution in [0.25, 0.3) is 0 Å². The fraction of sp³-hybridized carbons (Fsp3) is 1.00. The summed E-state index contributed by atoms with van der Waals surface area (Å²) >= 11 is 2.64. The van der Waals surface area contributed by atoms with Gasteiger partial charge in [-0.2, -0.15) is 0 Å². The van der Waals surface area contributed by atoms with E-state index in [2.05, 4.69) is 34.4 Å². The predicted octanol–water partition coefficient (Wildman–Crippen LogP) is 2.83. The van der Waals surface area contributed by atoms with E-state index in [9.17, 15) is 0 Å². The van der Waals surface area contributed by atoms with Crippen LogP contribution in [0.1, 0.15) is 39.0 Å². The zero-order chi connectivity index (χ0) is 8.60. The monoisotopic (exact) mass is 279 g/mol. The number of hydrogen-bond donors (Lipinski definition) is 0. The molecule has 1 nitrogen and oxygen atoms in total. The summed E-state index contributed by atoms with van der Waals surface area (Å²) in [6, 6.07) is 0.982. The average Bonchev–Trinajstić information content (AvgIpc) is 2.74. The highest BCUT2D eigenvalue weighted by atomic mass is 127. The minimum atomic E-state index is 0.585. The second-order valence-electron chi connectivity index (χ2n) is 4.53. The van der Waals surface area contributed by atoms with Crippen molar-refractivity contribution in [2.45, 2.75) is 48.5 Å². The topological polar surface area (TPSA) is 3.24 Å². The van der Waals surface area contributed by atoms with E-state index < -0.39 is 0 Å². The molecule has 0 bridgehead atoms. The Morgan fingerprint density at radius 1 is 1.25 bits per heavy atom. The number of nitrogens with zero attached hydrogens (tertiary/aromatic N) is 1. The van der Waals surface area contributed by atoms with Crippen LogP contribution in [0.4, 0.5) is 0 Å². The summed E-state index contributed by atoms with van der Waals surface area (Å²) in [4.78, 5) is 2.71. The Balaban J connectivity index is 1.88. The van der Waals surface area contributed by atoms with Gasteiger partial charge in [-0.1, -0.05) is 29.5 Å². The molecule has 1 heterocycles. The van der Waals surface area contributed by atoms with E-state index >= 15 is 0 Å². The molecule has 0 aromatic heterocycles. The molecule has 0 spiro atoms. The first kappa shape index (κ1) is 9.25. The molecule has 1 saturated carbocycles. The zero-order valence-electron chi connectivity index (χ0n) is 7.85. The van der Waals surface area contributed by atoms with Gasteiger partial charge in [0.2, 0.25) is 0 Å². The maximum absolute atomic E-state index is 2.71. The number of hydrogen-bond acceptors (Lipinski definition) is 1. The Kier molecular flexibility index (Phi) is 2.66. The van der Waals surface area contributed by atoms with Gasteiger partial charge < -0.3 is 4.90 Å². The van der Waals surface area contributed by atoms with Crippen molar-refractivity contribution in [3.05, 3.63) is 0 Å². The Morgan fingerprint density at radius 3 is 2.67 bits per heavy atom. The van der Waals surface area contributed by atoms with Crippen molar-refractivity contribution in [1.82, 2.24) is 4.90 Å². The predicted molar refractivity (Wildman–Crippen MR) is 60.9 cm³/mol. The molecule has 1 saturated heterocycles. The van der Waals surface area contributed by atoms with E-state index in [0.29, 0.717) is 3.42 Å². The molecule has 1 unspecified atom stereocenters. The molecule has 2 rings (SSSR count). The van der Waals surface area contributed by atoms with Crippen LogP contribution >= 0.6 is 22.6 Å². The standard InChI is InChI=1S/C10H18IN/c1-10(11)5-2-7-12(8-6-10)9-3-4-9/h9H,2-8H2,1H3. The fourth-order valence-electron chi connectivity index (χ4n) is 2.07. The molecule has 70 valence electrons. The van der Waals surface area contributed by atoms with Gasteiger partial charge in [-0.15, -0.1) is 0 Å². The highest BCUT2D eigenvalue weighted by molar-refractivity contribution is 14.1. The lowest BCUT2D eigenvalue weighted by Gasteiger charge is -2.21. The second kappa shape index (κ2) is 3.45. The molecule has 0 amide bonds. The quantitative estimate of drug-likeness (QED) is 0.527. The van der Waals surface area contributed by atoms with Crippen molar-refractivity contribution in [1.29, 1.82) is 0 Å². The highest BCUT2D eigenvalue weighted by Gasteiger charge is 2.32. The normalized spacial score (nSPS) is 39.5. The van der Waals surface area contributed by atoms with Crippen molar-refractivity contribution in [3.8, 4) is 0 Å². The van der Waals surface area contributed by atoms with Crippen LogP contribution in [0.15, 0.2) is 0 Å². The van der Waals surface area contributed by atoms with Gasteiger partial charge in [-0.05, 0) is 45.2 Å². The lowest BCUT2D eigenvalue weighted by Crippen LogP contribution is -2.27. The van der Waals surface area contributed by atoms with Crippen molar-refractivity contribution in [3.63, 3.8) is 0 Å². The van der Waals surface area contributed by atoms with E-state index in [1.807, 2.05) is 0 Å². The summed E-state index contributed by atoms with van der Waals surface area (Å²) in [6.45, 7) is 5.12. The van der Waals surface area contributed by atoms with Gasteiger partial charge in [0, 0.05) is 9.46 Å². The summed E-state index contributed by atoms with van der Waals surface area (Å²) in [5, 5.41) is 0. The van der Waals surface area contributed by atoms with Crippen molar-refractivity contribution in [2.24, 2.45) is 0 Å². The maximum Gasteiger partial charge on any atom is 0.0206 e. The third-order valence-electron chi connectivity index (χ3n) is 3.13. The van der Waals surface area contributed by atoms with Crippen LogP contribution in [-0.4, -0.2) is 27.5 Å². The summed E-state index contributed by atoms with van der Waals surface area (Å²) in [6.07, 6.45) is 7.16. The molecular weight excluding hydrogens is 261 g/mol. The lowest BCUT2D eigenvalue weighted by molar-refractivity contribution is 0.273. The van der Waals surface area contributed by atoms with Crippen LogP contribution < -0.4 is 0 Å².